The lowest BCUT2D eigenvalue weighted by Crippen LogP contribution is -2.48. The molecule has 3 heterocycles. The highest BCUT2D eigenvalue weighted by Gasteiger charge is 2.36. The van der Waals surface area contributed by atoms with Crippen LogP contribution in [0.25, 0.3) is 0 Å². The van der Waals surface area contributed by atoms with Crippen LogP contribution in [-0.4, -0.2) is 66.0 Å². The van der Waals surface area contributed by atoms with Gasteiger partial charge in [0.2, 0.25) is 5.91 Å². The Bertz CT molecular complexity index is 559. The van der Waals surface area contributed by atoms with Gasteiger partial charge in [-0.05, 0) is 13.3 Å². The number of fused-ring (bicyclic) bond motifs is 1. The van der Waals surface area contributed by atoms with Gasteiger partial charge in [-0.1, -0.05) is 0 Å². The van der Waals surface area contributed by atoms with Crippen LogP contribution < -0.4 is 0 Å². The van der Waals surface area contributed by atoms with E-state index >= 15 is 0 Å². The second kappa shape index (κ2) is 5.73. The molecule has 0 unspecified atom stereocenters. The van der Waals surface area contributed by atoms with Crippen molar-refractivity contribution in [2.75, 3.05) is 33.3 Å². The monoisotopic (exact) mass is 309 g/mol. The normalized spacial score (nSPS) is 26.5. The van der Waals surface area contributed by atoms with Crippen LogP contribution in [0, 0.1) is 12.8 Å². The highest BCUT2D eigenvalue weighted by molar-refractivity contribution is 7.11. The summed E-state index contributed by atoms with van der Waals surface area (Å²) in [5.41, 5.74) is 2.49. The summed E-state index contributed by atoms with van der Waals surface area (Å²) in [7, 11) is 1.79. The van der Waals surface area contributed by atoms with Crippen LogP contribution in [0.1, 0.15) is 21.8 Å². The Labute approximate surface area is 127 Å². The molecular formula is C14H19N3O3S. The number of carbonyl (C=O) groups is 2. The Balaban J connectivity index is 1.72. The van der Waals surface area contributed by atoms with Gasteiger partial charge in [-0.25, -0.2) is 4.98 Å². The molecule has 2 aliphatic rings. The van der Waals surface area contributed by atoms with E-state index in [1.165, 1.54) is 11.3 Å². The maximum atomic E-state index is 12.6. The lowest BCUT2D eigenvalue weighted by molar-refractivity contribution is -0.133. The number of hydrogen-bond acceptors (Lipinski definition) is 5. The van der Waals surface area contributed by atoms with E-state index in [4.69, 9.17) is 4.74 Å². The lowest BCUT2D eigenvalue weighted by atomic mass is 9.94. The molecule has 2 amide bonds. The average Bonchev–Trinajstić information content (AvgIpc) is 2.84. The van der Waals surface area contributed by atoms with E-state index < -0.39 is 0 Å². The molecule has 2 fully saturated rings. The van der Waals surface area contributed by atoms with E-state index in [1.54, 1.807) is 17.5 Å². The van der Waals surface area contributed by atoms with Gasteiger partial charge in [-0.15, -0.1) is 11.3 Å². The van der Waals surface area contributed by atoms with Crippen molar-refractivity contribution in [3.05, 3.63) is 16.1 Å². The highest BCUT2D eigenvalue weighted by Crippen LogP contribution is 2.26. The van der Waals surface area contributed by atoms with Crippen molar-refractivity contribution in [3.8, 4) is 0 Å². The van der Waals surface area contributed by atoms with Crippen molar-refractivity contribution in [1.29, 1.82) is 0 Å². The molecule has 0 bridgehead atoms. The maximum absolute atomic E-state index is 12.6. The Morgan fingerprint density at radius 3 is 3.00 bits per heavy atom. The van der Waals surface area contributed by atoms with Crippen molar-refractivity contribution in [1.82, 2.24) is 14.8 Å². The van der Waals surface area contributed by atoms with E-state index in [9.17, 15) is 9.59 Å². The molecule has 3 rings (SSSR count). The predicted molar refractivity (Wildman–Crippen MR) is 78.2 cm³/mol. The Morgan fingerprint density at radius 2 is 2.29 bits per heavy atom. The molecule has 1 aromatic heterocycles. The summed E-state index contributed by atoms with van der Waals surface area (Å²) in [5, 5.41) is 0. The summed E-state index contributed by atoms with van der Waals surface area (Å²) in [6.45, 7) is 3.97. The number of aromatic nitrogens is 1. The molecule has 2 saturated heterocycles. The van der Waals surface area contributed by atoms with Crippen molar-refractivity contribution >= 4 is 23.2 Å². The predicted octanol–water partition coefficient (Wildman–Crippen LogP) is 0.771. The third kappa shape index (κ3) is 2.80. The lowest BCUT2D eigenvalue weighted by Gasteiger charge is -2.37. The molecule has 0 N–H and O–H groups in total. The molecule has 2 atom stereocenters. The van der Waals surface area contributed by atoms with Crippen LogP contribution in [0.4, 0.5) is 0 Å². The first-order valence-electron chi connectivity index (χ1n) is 7.11. The molecule has 21 heavy (non-hydrogen) atoms. The zero-order valence-corrected chi connectivity index (χ0v) is 13.1. The molecule has 6 nitrogen and oxygen atoms in total. The van der Waals surface area contributed by atoms with Crippen molar-refractivity contribution < 1.29 is 14.3 Å². The summed E-state index contributed by atoms with van der Waals surface area (Å²) in [5.74, 6) is 0.250. The Hall–Kier alpha value is -1.47. The van der Waals surface area contributed by atoms with E-state index in [2.05, 4.69) is 4.98 Å². The number of hydrogen-bond donors (Lipinski definition) is 0. The van der Waals surface area contributed by atoms with E-state index in [-0.39, 0.29) is 30.4 Å². The van der Waals surface area contributed by atoms with Gasteiger partial charge in [0.05, 0.1) is 17.3 Å². The van der Waals surface area contributed by atoms with Crippen LogP contribution in [0.5, 0.6) is 0 Å². The summed E-state index contributed by atoms with van der Waals surface area (Å²) in [6.07, 6.45) is 0.862. The molecule has 0 saturated carbocycles. The number of likely N-dealkylation sites (tertiary alicyclic amines) is 1. The van der Waals surface area contributed by atoms with E-state index in [0.717, 1.165) is 12.1 Å². The highest BCUT2D eigenvalue weighted by atomic mass is 32.1. The van der Waals surface area contributed by atoms with Crippen LogP contribution in [0.3, 0.4) is 0 Å². The largest absolute Gasteiger partial charge is 0.368 e. The van der Waals surface area contributed by atoms with Gasteiger partial charge in [0.1, 0.15) is 11.5 Å². The van der Waals surface area contributed by atoms with Crippen molar-refractivity contribution in [3.63, 3.8) is 0 Å². The number of ether oxygens (including phenoxy) is 1. The van der Waals surface area contributed by atoms with Gasteiger partial charge >= 0.3 is 0 Å². The van der Waals surface area contributed by atoms with Gasteiger partial charge in [-0.2, -0.15) is 0 Å². The first kappa shape index (κ1) is 14.5. The van der Waals surface area contributed by atoms with Gasteiger partial charge in [0.15, 0.2) is 0 Å². The molecule has 1 aromatic rings. The topological polar surface area (TPSA) is 62.7 Å². The molecule has 2 aliphatic heterocycles. The van der Waals surface area contributed by atoms with Crippen LogP contribution >= 0.6 is 11.3 Å². The van der Waals surface area contributed by atoms with E-state index in [0.29, 0.717) is 24.5 Å². The van der Waals surface area contributed by atoms with Gasteiger partial charge in [-0.3, -0.25) is 9.59 Å². The smallest absolute Gasteiger partial charge is 0.265 e. The Kier molecular flexibility index (Phi) is 3.95. The minimum absolute atomic E-state index is 0.0144. The van der Waals surface area contributed by atoms with Crippen LogP contribution in [0.2, 0.25) is 0 Å². The summed E-state index contributed by atoms with van der Waals surface area (Å²) in [6, 6.07) is 0. The van der Waals surface area contributed by atoms with Crippen LogP contribution in [0.15, 0.2) is 5.51 Å². The minimum Gasteiger partial charge on any atom is -0.368 e. The molecule has 114 valence electrons. The fourth-order valence-corrected chi connectivity index (χ4v) is 3.75. The number of thiazole rings is 1. The van der Waals surface area contributed by atoms with Crippen molar-refractivity contribution in [2.24, 2.45) is 5.92 Å². The molecular weight excluding hydrogens is 290 g/mol. The number of amides is 2. The number of piperidine rings is 1. The number of rotatable bonds is 1. The number of aryl methyl sites for hydroxylation is 1. The van der Waals surface area contributed by atoms with Gasteiger partial charge in [0.25, 0.3) is 5.91 Å². The third-order valence-electron chi connectivity index (χ3n) is 4.25. The number of nitrogens with zero attached hydrogens (tertiary/aromatic N) is 3. The molecule has 0 spiro atoms. The molecule has 0 aromatic carbocycles. The second-order valence-corrected chi connectivity index (χ2v) is 6.55. The zero-order chi connectivity index (χ0) is 15.0. The summed E-state index contributed by atoms with van der Waals surface area (Å²) < 4.78 is 5.69. The fourth-order valence-electron chi connectivity index (χ4n) is 2.98. The van der Waals surface area contributed by atoms with Crippen molar-refractivity contribution in [2.45, 2.75) is 19.4 Å². The van der Waals surface area contributed by atoms with E-state index in [1.807, 2.05) is 11.8 Å². The van der Waals surface area contributed by atoms with Gasteiger partial charge < -0.3 is 14.5 Å². The third-order valence-corrected chi connectivity index (χ3v) is 5.16. The molecule has 0 radical (unpaired) electrons. The minimum atomic E-state index is 0.0144. The Morgan fingerprint density at radius 1 is 1.48 bits per heavy atom. The zero-order valence-electron chi connectivity index (χ0n) is 12.2. The summed E-state index contributed by atoms with van der Waals surface area (Å²) in [4.78, 5) is 32.7. The molecule has 7 heteroatoms. The number of likely N-dealkylation sites (N-methyl/N-ethyl adjacent to an activating group) is 1. The standard InChI is InChI=1S/C14H19N3O3S/c1-9-13(21-8-15-9)14(19)17-4-3-11-10(6-17)5-16(2)12(18)7-20-11/h8,10-11H,3-7H2,1-2H3/t10-,11-/m0/s1. The van der Waals surface area contributed by atoms with Crippen LogP contribution in [-0.2, 0) is 9.53 Å². The number of carbonyl (C=O) groups excluding carboxylic acids is 2. The summed E-state index contributed by atoms with van der Waals surface area (Å²) >= 11 is 1.39. The quantitative estimate of drug-likeness (QED) is 0.769. The SMILES string of the molecule is Cc1ncsc1C(=O)N1CC[C@@H]2OCC(=O)N(C)C[C@H]2C1. The fraction of sp³-hybridized carbons (Fsp3) is 0.643. The molecule has 0 aliphatic carbocycles. The first-order valence-corrected chi connectivity index (χ1v) is 7.99. The second-order valence-electron chi connectivity index (χ2n) is 5.69. The average molecular weight is 309 g/mol. The first-order chi connectivity index (χ1) is 10.1. The van der Waals surface area contributed by atoms with Gasteiger partial charge in [0, 0.05) is 32.6 Å². The maximum Gasteiger partial charge on any atom is 0.265 e.